The van der Waals surface area contributed by atoms with Gasteiger partial charge in [0.1, 0.15) is 23.2 Å². The Morgan fingerprint density at radius 2 is 2.07 bits per heavy atom. The molecular weight excluding hydrogens is 392 g/mol. The molecule has 0 saturated carbocycles. The van der Waals surface area contributed by atoms with E-state index < -0.39 is 6.10 Å². The van der Waals surface area contributed by atoms with Crippen LogP contribution in [0, 0.1) is 6.92 Å². The SMILES string of the molecule is Cc1cccc(Cl)c1Nc1nc2ccc(N(C)CC(O)CO)nc2n2cncc12. The van der Waals surface area contributed by atoms with Crippen LogP contribution in [0.2, 0.25) is 5.02 Å². The molecule has 3 heterocycles. The molecule has 9 heteroatoms. The van der Waals surface area contributed by atoms with Gasteiger partial charge < -0.3 is 20.4 Å². The number of fused-ring (bicyclic) bond motifs is 3. The summed E-state index contributed by atoms with van der Waals surface area (Å²) in [4.78, 5) is 15.5. The van der Waals surface area contributed by atoms with Crippen molar-refractivity contribution in [3.63, 3.8) is 0 Å². The lowest BCUT2D eigenvalue weighted by Gasteiger charge is -2.21. The normalized spacial score (nSPS) is 12.4. The van der Waals surface area contributed by atoms with Crippen molar-refractivity contribution in [1.82, 2.24) is 19.4 Å². The van der Waals surface area contributed by atoms with Crippen LogP contribution in [0.1, 0.15) is 5.56 Å². The minimum absolute atomic E-state index is 0.265. The number of aliphatic hydroxyl groups is 2. The molecule has 1 atom stereocenters. The molecule has 0 amide bonds. The van der Waals surface area contributed by atoms with Crippen molar-refractivity contribution in [3.05, 3.63) is 53.4 Å². The summed E-state index contributed by atoms with van der Waals surface area (Å²) in [5.74, 6) is 1.29. The van der Waals surface area contributed by atoms with Crippen molar-refractivity contribution in [2.24, 2.45) is 0 Å². The lowest BCUT2D eigenvalue weighted by Crippen LogP contribution is -2.31. The lowest BCUT2D eigenvalue weighted by atomic mass is 10.2. The summed E-state index contributed by atoms with van der Waals surface area (Å²) in [6.07, 6.45) is 2.56. The molecule has 4 aromatic rings. The van der Waals surface area contributed by atoms with E-state index in [2.05, 4.69) is 15.3 Å². The molecule has 8 nitrogen and oxygen atoms in total. The smallest absolute Gasteiger partial charge is 0.166 e. The van der Waals surface area contributed by atoms with Gasteiger partial charge in [0.25, 0.3) is 0 Å². The maximum Gasteiger partial charge on any atom is 0.166 e. The Hall–Kier alpha value is -2.94. The third kappa shape index (κ3) is 3.69. The van der Waals surface area contributed by atoms with Crippen LogP contribution >= 0.6 is 11.6 Å². The second-order valence-corrected chi connectivity index (χ2v) is 7.30. The molecule has 3 aromatic heterocycles. The highest BCUT2D eigenvalue weighted by molar-refractivity contribution is 6.33. The number of imidazole rings is 1. The van der Waals surface area contributed by atoms with Gasteiger partial charge in [0.15, 0.2) is 11.5 Å². The summed E-state index contributed by atoms with van der Waals surface area (Å²) in [6, 6.07) is 9.40. The first-order valence-electron chi connectivity index (χ1n) is 9.13. The molecule has 1 aromatic carbocycles. The fraction of sp³-hybridized carbons (Fsp3) is 0.250. The van der Waals surface area contributed by atoms with Gasteiger partial charge in [-0.25, -0.2) is 15.0 Å². The van der Waals surface area contributed by atoms with E-state index in [0.717, 1.165) is 16.8 Å². The molecule has 0 fully saturated rings. The average Bonchev–Trinajstić information content (AvgIpc) is 3.20. The summed E-state index contributed by atoms with van der Waals surface area (Å²) in [6.45, 7) is 1.94. The molecular formula is C20H21ClN6O2. The van der Waals surface area contributed by atoms with Crippen LogP contribution in [0.3, 0.4) is 0 Å². The molecule has 0 aliphatic heterocycles. The first-order chi connectivity index (χ1) is 14.0. The van der Waals surface area contributed by atoms with Crippen molar-refractivity contribution in [2.75, 3.05) is 30.4 Å². The highest BCUT2D eigenvalue weighted by Crippen LogP contribution is 2.31. The van der Waals surface area contributed by atoms with Gasteiger partial charge in [0.05, 0.1) is 29.6 Å². The second kappa shape index (κ2) is 7.82. The number of rotatable bonds is 6. The number of benzene rings is 1. The fourth-order valence-electron chi connectivity index (χ4n) is 3.19. The number of pyridine rings is 1. The number of nitrogens with one attached hydrogen (secondary N) is 1. The van der Waals surface area contributed by atoms with E-state index in [9.17, 15) is 5.11 Å². The van der Waals surface area contributed by atoms with Crippen LogP contribution < -0.4 is 10.2 Å². The molecule has 0 aliphatic rings. The molecule has 0 radical (unpaired) electrons. The van der Waals surface area contributed by atoms with Crippen molar-refractivity contribution >= 4 is 45.6 Å². The van der Waals surface area contributed by atoms with Gasteiger partial charge in [-0.05, 0) is 30.7 Å². The highest BCUT2D eigenvalue weighted by atomic mass is 35.5. The number of halogens is 1. The van der Waals surface area contributed by atoms with Crippen LogP contribution in [0.15, 0.2) is 42.9 Å². The third-order valence-corrected chi connectivity index (χ3v) is 5.05. The lowest BCUT2D eigenvalue weighted by molar-refractivity contribution is 0.101. The number of likely N-dealkylation sites (N-methyl/N-ethyl adjacent to an activating group) is 1. The van der Waals surface area contributed by atoms with Crippen molar-refractivity contribution in [2.45, 2.75) is 13.0 Å². The highest BCUT2D eigenvalue weighted by Gasteiger charge is 2.15. The van der Waals surface area contributed by atoms with Crippen LogP contribution in [-0.2, 0) is 0 Å². The number of hydrogen-bond donors (Lipinski definition) is 3. The molecule has 0 aliphatic carbocycles. The topological polar surface area (TPSA) is 98.8 Å². The van der Waals surface area contributed by atoms with Gasteiger partial charge in [-0.1, -0.05) is 23.7 Å². The standard InChI is InChI=1S/C20H21ClN6O2/c1-12-4-3-5-14(21)18(12)25-19-16-8-22-11-27(16)20-15(23-19)6-7-17(24-20)26(2)9-13(29)10-28/h3-8,11,13,28-29H,9-10H2,1-2H3,(H,23,25). The average molecular weight is 413 g/mol. The van der Waals surface area contributed by atoms with Crippen molar-refractivity contribution < 1.29 is 10.2 Å². The summed E-state index contributed by atoms with van der Waals surface area (Å²) in [5, 5.41) is 22.7. The zero-order valence-corrected chi connectivity index (χ0v) is 16.8. The third-order valence-electron chi connectivity index (χ3n) is 4.73. The first kappa shape index (κ1) is 19.4. The van der Waals surface area contributed by atoms with Crippen LogP contribution in [0.5, 0.6) is 0 Å². The summed E-state index contributed by atoms with van der Waals surface area (Å²) < 4.78 is 1.86. The van der Waals surface area contributed by atoms with Crippen molar-refractivity contribution in [1.29, 1.82) is 0 Å². The molecule has 29 heavy (non-hydrogen) atoms. The molecule has 0 saturated heterocycles. The maximum absolute atomic E-state index is 9.70. The first-order valence-corrected chi connectivity index (χ1v) is 9.50. The summed E-state index contributed by atoms with van der Waals surface area (Å²) in [7, 11) is 1.81. The Labute approximate surface area is 172 Å². The van der Waals surface area contributed by atoms with E-state index in [1.807, 2.05) is 48.7 Å². The zero-order chi connectivity index (χ0) is 20.5. The molecule has 4 rings (SSSR count). The van der Waals surface area contributed by atoms with E-state index >= 15 is 0 Å². The second-order valence-electron chi connectivity index (χ2n) is 6.90. The van der Waals surface area contributed by atoms with Crippen LogP contribution in [-0.4, -0.2) is 55.9 Å². The Morgan fingerprint density at radius 1 is 1.24 bits per heavy atom. The Balaban J connectivity index is 1.79. The van der Waals surface area contributed by atoms with E-state index in [1.54, 1.807) is 17.4 Å². The molecule has 1 unspecified atom stereocenters. The van der Waals surface area contributed by atoms with Gasteiger partial charge in [0.2, 0.25) is 0 Å². The van der Waals surface area contributed by atoms with Crippen LogP contribution in [0.4, 0.5) is 17.3 Å². The number of anilines is 3. The van der Waals surface area contributed by atoms with Crippen molar-refractivity contribution in [3.8, 4) is 0 Å². The quantitative estimate of drug-likeness (QED) is 0.448. The predicted octanol–water partition coefficient (Wildman–Crippen LogP) is 2.77. The monoisotopic (exact) mass is 412 g/mol. The minimum Gasteiger partial charge on any atom is -0.394 e. The Bertz CT molecular complexity index is 1160. The number of aryl methyl sites for hydroxylation is 1. The van der Waals surface area contributed by atoms with Gasteiger partial charge in [-0.3, -0.25) is 4.40 Å². The fourth-order valence-corrected chi connectivity index (χ4v) is 3.46. The molecule has 0 bridgehead atoms. The van der Waals surface area contributed by atoms with E-state index in [4.69, 9.17) is 21.7 Å². The number of hydrogen-bond acceptors (Lipinski definition) is 7. The minimum atomic E-state index is -0.839. The van der Waals surface area contributed by atoms with Gasteiger partial charge in [0, 0.05) is 13.6 Å². The molecule has 150 valence electrons. The Kier molecular flexibility index (Phi) is 5.23. The molecule has 0 spiro atoms. The van der Waals surface area contributed by atoms with Crippen LogP contribution in [0.25, 0.3) is 16.7 Å². The van der Waals surface area contributed by atoms with Gasteiger partial charge in [-0.2, -0.15) is 0 Å². The van der Waals surface area contributed by atoms with E-state index in [1.165, 1.54) is 0 Å². The number of para-hydroxylation sites is 1. The zero-order valence-electron chi connectivity index (χ0n) is 16.0. The largest absolute Gasteiger partial charge is 0.394 e. The van der Waals surface area contributed by atoms with Gasteiger partial charge in [-0.15, -0.1) is 0 Å². The summed E-state index contributed by atoms with van der Waals surface area (Å²) in [5.41, 5.74) is 3.89. The maximum atomic E-state index is 9.70. The molecule has 3 N–H and O–H groups in total. The Morgan fingerprint density at radius 3 is 2.83 bits per heavy atom. The number of aromatic nitrogens is 4. The van der Waals surface area contributed by atoms with E-state index in [-0.39, 0.29) is 13.2 Å². The number of nitrogens with zero attached hydrogens (tertiary/aromatic N) is 5. The summed E-state index contributed by atoms with van der Waals surface area (Å²) >= 11 is 6.36. The van der Waals surface area contributed by atoms with Gasteiger partial charge >= 0.3 is 0 Å². The van der Waals surface area contributed by atoms with E-state index in [0.29, 0.717) is 27.8 Å². The number of aliphatic hydroxyl groups excluding tert-OH is 2. The predicted molar refractivity (Wildman–Crippen MR) is 114 cm³/mol.